The Morgan fingerprint density at radius 1 is 0.661 bits per heavy atom. The fourth-order valence-corrected chi connectivity index (χ4v) is 11.4. The van der Waals surface area contributed by atoms with E-state index in [1.54, 1.807) is 0 Å². The van der Waals surface area contributed by atoms with Crippen molar-refractivity contribution in [3.63, 3.8) is 0 Å². The van der Waals surface area contributed by atoms with E-state index < -0.39 is 0 Å². The van der Waals surface area contributed by atoms with Gasteiger partial charge in [0.25, 0.3) is 0 Å². The van der Waals surface area contributed by atoms with Crippen molar-refractivity contribution in [3.8, 4) is 5.69 Å². The predicted molar refractivity (Wildman–Crippen MR) is 236 cm³/mol. The summed E-state index contributed by atoms with van der Waals surface area (Å²) in [6.45, 7) is 30.9. The second-order valence-electron chi connectivity index (χ2n) is 22.3. The second-order valence-corrected chi connectivity index (χ2v) is 22.3. The normalized spacial score (nSPS) is 24.0. The third-order valence-corrected chi connectivity index (χ3v) is 14.6. The standard InChI is InChI=1S/C53H58N2O/c1-27-20-29(51(5,6)7)22-36-37-24-31(53(11,12)13)26-39-44-42(55(45(27)36)47(37)39)19-16-33-32-15-18-41-43(48(32)56-49(33)44)38-25-30(52(8,9)10)23-35-34-21-28(50(2,3)4)14-17-40(34)54(41)46(35)38/h14-22,24-25,27,35,39,45H,23,26H2,1-13H3. The summed E-state index contributed by atoms with van der Waals surface area (Å²) in [6, 6.07) is 17.2. The molecule has 6 aliphatic rings. The maximum atomic E-state index is 7.48. The Hall–Kier alpha value is -4.50. The maximum absolute atomic E-state index is 7.48. The summed E-state index contributed by atoms with van der Waals surface area (Å²) in [4.78, 5) is 2.74. The van der Waals surface area contributed by atoms with Gasteiger partial charge in [0.1, 0.15) is 11.2 Å². The highest BCUT2D eigenvalue weighted by Crippen LogP contribution is 2.63. The van der Waals surface area contributed by atoms with Crippen molar-refractivity contribution in [1.82, 2.24) is 4.57 Å². The van der Waals surface area contributed by atoms with Crippen LogP contribution in [0.2, 0.25) is 0 Å². The lowest BCUT2D eigenvalue weighted by Gasteiger charge is -2.35. The lowest BCUT2D eigenvalue weighted by atomic mass is 9.72. The lowest BCUT2D eigenvalue weighted by molar-refractivity contribution is 0.469. The van der Waals surface area contributed by atoms with E-state index in [-0.39, 0.29) is 27.6 Å². The van der Waals surface area contributed by atoms with E-state index in [9.17, 15) is 0 Å². The lowest BCUT2D eigenvalue weighted by Crippen LogP contribution is -2.36. The number of benzene rings is 3. The third-order valence-electron chi connectivity index (χ3n) is 14.6. The first-order chi connectivity index (χ1) is 26.2. The van der Waals surface area contributed by atoms with Crippen molar-refractivity contribution in [2.75, 3.05) is 4.90 Å². The molecule has 0 radical (unpaired) electrons. The molecule has 11 rings (SSSR count). The molecule has 0 saturated heterocycles. The van der Waals surface area contributed by atoms with Crippen LogP contribution < -0.4 is 4.90 Å². The van der Waals surface area contributed by atoms with Crippen LogP contribution in [0.15, 0.2) is 98.7 Å². The number of rotatable bonds is 0. The zero-order chi connectivity index (χ0) is 39.3. The van der Waals surface area contributed by atoms with Gasteiger partial charge in [-0.05, 0) is 98.6 Å². The number of allylic oxidation sites excluding steroid dienone is 6. The maximum Gasteiger partial charge on any atom is 0.145 e. The fourth-order valence-electron chi connectivity index (χ4n) is 11.4. The molecule has 0 fully saturated rings. The SMILES string of the molecule is CC1C=C(C(C)(C)C)C=C2C3=C4C(CC(C(C)(C)C)=C3)c3c(ccc5c3oc3c5ccc5c3c3c6n5-c5ccc(C(C)(C)C)cc5C6CC(C(C)(C)C)=C3)N4C21. The molecule has 0 spiro atoms. The molecule has 4 atom stereocenters. The summed E-state index contributed by atoms with van der Waals surface area (Å²) in [5.74, 6) is 1.01. The van der Waals surface area contributed by atoms with E-state index in [0.717, 1.165) is 24.0 Å². The summed E-state index contributed by atoms with van der Waals surface area (Å²) >= 11 is 0. The summed E-state index contributed by atoms with van der Waals surface area (Å²) in [5, 5.41) is 3.77. The van der Waals surface area contributed by atoms with Crippen LogP contribution in [0.1, 0.15) is 143 Å². The molecule has 56 heavy (non-hydrogen) atoms. The van der Waals surface area contributed by atoms with Crippen molar-refractivity contribution in [2.24, 2.45) is 22.2 Å². The molecular formula is C53H58N2O. The van der Waals surface area contributed by atoms with E-state index in [1.165, 1.54) is 94.6 Å². The molecule has 3 aromatic carbocycles. The molecule has 3 aliphatic carbocycles. The molecule has 3 heteroatoms. The monoisotopic (exact) mass is 738 g/mol. The number of aromatic nitrogens is 1. The first-order valence-corrected chi connectivity index (χ1v) is 21.3. The van der Waals surface area contributed by atoms with E-state index in [0.29, 0.717) is 17.9 Å². The van der Waals surface area contributed by atoms with Gasteiger partial charge in [-0.1, -0.05) is 138 Å². The highest BCUT2D eigenvalue weighted by atomic mass is 16.3. The van der Waals surface area contributed by atoms with Gasteiger partial charge < -0.3 is 13.9 Å². The van der Waals surface area contributed by atoms with Crippen molar-refractivity contribution in [2.45, 2.75) is 126 Å². The van der Waals surface area contributed by atoms with Crippen LogP contribution >= 0.6 is 0 Å². The van der Waals surface area contributed by atoms with Gasteiger partial charge in [-0.25, -0.2) is 0 Å². The number of hydrogen-bond acceptors (Lipinski definition) is 2. The Labute approximate surface area is 333 Å². The Balaban J connectivity index is 1.17. The van der Waals surface area contributed by atoms with Gasteiger partial charge in [-0.15, -0.1) is 0 Å². The quantitative estimate of drug-likeness (QED) is 0.158. The smallest absolute Gasteiger partial charge is 0.145 e. The van der Waals surface area contributed by atoms with Crippen LogP contribution in [0.5, 0.6) is 0 Å². The van der Waals surface area contributed by atoms with Crippen LogP contribution in [0.4, 0.5) is 5.69 Å². The molecule has 4 unspecified atom stereocenters. The molecule has 3 aliphatic heterocycles. The van der Waals surface area contributed by atoms with Crippen LogP contribution in [0, 0.1) is 22.2 Å². The van der Waals surface area contributed by atoms with E-state index in [4.69, 9.17) is 4.42 Å². The van der Waals surface area contributed by atoms with Gasteiger partial charge >= 0.3 is 0 Å². The molecule has 5 aromatic rings. The highest BCUT2D eigenvalue weighted by Gasteiger charge is 2.52. The largest absolute Gasteiger partial charge is 0.455 e. The van der Waals surface area contributed by atoms with E-state index >= 15 is 0 Å². The predicted octanol–water partition coefficient (Wildman–Crippen LogP) is 14.6. The number of furan rings is 1. The number of fused-ring (bicyclic) bond motifs is 17. The van der Waals surface area contributed by atoms with E-state index in [1.807, 2.05) is 0 Å². The van der Waals surface area contributed by atoms with Crippen molar-refractivity contribution in [3.05, 3.63) is 122 Å². The minimum Gasteiger partial charge on any atom is -0.455 e. The molecule has 2 aromatic heterocycles. The van der Waals surface area contributed by atoms with Crippen LogP contribution in [-0.4, -0.2) is 10.6 Å². The summed E-state index contributed by atoms with van der Waals surface area (Å²) in [6.07, 6.45) is 12.3. The zero-order valence-electron chi connectivity index (χ0n) is 35.9. The average Bonchev–Trinajstić information content (AvgIpc) is 3.89. The summed E-state index contributed by atoms with van der Waals surface area (Å²) in [5.41, 5.74) is 22.6. The van der Waals surface area contributed by atoms with Gasteiger partial charge in [0.15, 0.2) is 0 Å². The second kappa shape index (κ2) is 10.5. The van der Waals surface area contributed by atoms with Gasteiger partial charge in [-0.3, -0.25) is 0 Å². The number of nitrogens with zero attached hydrogens (tertiary/aromatic N) is 2. The van der Waals surface area contributed by atoms with Crippen LogP contribution in [0.25, 0.3) is 44.6 Å². The van der Waals surface area contributed by atoms with Crippen molar-refractivity contribution >= 4 is 44.6 Å². The number of anilines is 1. The average molecular weight is 739 g/mol. The zero-order valence-corrected chi connectivity index (χ0v) is 35.9. The molecule has 0 amide bonds. The van der Waals surface area contributed by atoms with Gasteiger partial charge in [0.2, 0.25) is 0 Å². The first-order valence-electron chi connectivity index (χ1n) is 21.3. The Kier molecular flexibility index (Phi) is 6.52. The molecule has 0 bridgehead atoms. The van der Waals surface area contributed by atoms with Crippen LogP contribution in [-0.2, 0) is 5.41 Å². The van der Waals surface area contributed by atoms with Gasteiger partial charge in [0.05, 0.1) is 16.9 Å². The Bertz CT molecular complexity index is 2810. The topological polar surface area (TPSA) is 21.3 Å². The fraction of sp³-hybridized carbons (Fsp3) is 0.434. The minimum absolute atomic E-state index is 0.0718. The number of hydrogen-bond donors (Lipinski definition) is 0. The molecular weight excluding hydrogens is 681 g/mol. The third kappa shape index (κ3) is 4.41. The van der Waals surface area contributed by atoms with E-state index in [2.05, 4.69) is 166 Å². The minimum atomic E-state index is 0.0718. The molecule has 5 heterocycles. The molecule has 286 valence electrons. The van der Waals surface area contributed by atoms with Crippen LogP contribution in [0.3, 0.4) is 0 Å². The molecule has 0 N–H and O–H groups in total. The van der Waals surface area contributed by atoms with Gasteiger partial charge in [0, 0.05) is 56.5 Å². The molecule has 3 nitrogen and oxygen atoms in total. The highest BCUT2D eigenvalue weighted by molar-refractivity contribution is 6.19. The Morgan fingerprint density at radius 3 is 2.02 bits per heavy atom. The summed E-state index contributed by atoms with van der Waals surface area (Å²) in [7, 11) is 0. The van der Waals surface area contributed by atoms with Gasteiger partial charge in [-0.2, -0.15) is 0 Å². The Morgan fingerprint density at radius 2 is 1.32 bits per heavy atom. The summed E-state index contributed by atoms with van der Waals surface area (Å²) < 4.78 is 10.1. The first kappa shape index (κ1) is 34.7. The molecule has 0 saturated carbocycles. The van der Waals surface area contributed by atoms with Crippen molar-refractivity contribution in [1.29, 1.82) is 0 Å². The van der Waals surface area contributed by atoms with Crippen molar-refractivity contribution < 1.29 is 4.42 Å².